The molecular formula is C12H21N3O2. The molecule has 1 atom stereocenters. The lowest BCUT2D eigenvalue weighted by atomic mass is 10.2. The zero-order chi connectivity index (χ0) is 12.7. The van der Waals surface area contributed by atoms with Crippen molar-refractivity contribution in [3.05, 3.63) is 18.0 Å². The number of aryl methyl sites for hydroxylation is 1. The summed E-state index contributed by atoms with van der Waals surface area (Å²) in [4.78, 5) is 11.2. The number of esters is 1. The Balaban J connectivity index is 2.15. The molecule has 1 rings (SSSR count). The Labute approximate surface area is 102 Å². The summed E-state index contributed by atoms with van der Waals surface area (Å²) in [5.41, 5.74) is 1.06. The molecule has 0 bridgehead atoms. The summed E-state index contributed by atoms with van der Waals surface area (Å²) >= 11 is 0. The van der Waals surface area contributed by atoms with Gasteiger partial charge in [0.2, 0.25) is 0 Å². The molecule has 0 amide bonds. The van der Waals surface area contributed by atoms with Gasteiger partial charge in [0.25, 0.3) is 0 Å². The van der Waals surface area contributed by atoms with E-state index in [0.717, 1.165) is 18.7 Å². The highest BCUT2D eigenvalue weighted by molar-refractivity contribution is 5.69. The number of aromatic nitrogens is 2. The van der Waals surface area contributed by atoms with Gasteiger partial charge >= 0.3 is 5.97 Å². The average Bonchev–Trinajstić information content (AvgIpc) is 2.64. The first-order chi connectivity index (χ1) is 8.11. The molecule has 0 aliphatic rings. The van der Waals surface area contributed by atoms with Crippen LogP contribution in [-0.4, -0.2) is 34.9 Å². The largest absolute Gasteiger partial charge is 0.466 e. The Kier molecular flexibility index (Phi) is 5.69. The van der Waals surface area contributed by atoms with Gasteiger partial charge in [-0.15, -0.1) is 0 Å². The quantitative estimate of drug-likeness (QED) is 0.718. The van der Waals surface area contributed by atoms with Gasteiger partial charge in [-0.25, -0.2) is 0 Å². The Morgan fingerprint density at radius 2 is 2.41 bits per heavy atom. The number of nitrogens with one attached hydrogen (secondary N) is 1. The van der Waals surface area contributed by atoms with Gasteiger partial charge in [0, 0.05) is 32.3 Å². The van der Waals surface area contributed by atoms with E-state index in [1.807, 2.05) is 33.2 Å². The number of carbonyl (C=O) groups excluding carboxylic acids is 1. The van der Waals surface area contributed by atoms with Crippen molar-refractivity contribution in [1.82, 2.24) is 15.1 Å². The predicted molar refractivity (Wildman–Crippen MR) is 65.6 cm³/mol. The smallest absolute Gasteiger partial charge is 0.307 e. The van der Waals surface area contributed by atoms with E-state index in [-0.39, 0.29) is 12.0 Å². The van der Waals surface area contributed by atoms with Gasteiger partial charge in [0.15, 0.2) is 0 Å². The van der Waals surface area contributed by atoms with Gasteiger partial charge in [-0.05, 0) is 19.9 Å². The number of nitrogens with zero attached hydrogens (tertiary/aromatic N) is 2. The number of ether oxygens (including phenoxy) is 1. The van der Waals surface area contributed by atoms with E-state index in [9.17, 15) is 4.79 Å². The summed E-state index contributed by atoms with van der Waals surface area (Å²) in [6.45, 7) is 5.06. The molecule has 0 aliphatic heterocycles. The molecule has 0 radical (unpaired) electrons. The molecule has 0 saturated heterocycles. The van der Waals surface area contributed by atoms with E-state index in [2.05, 4.69) is 10.4 Å². The molecule has 0 spiro atoms. The van der Waals surface area contributed by atoms with Crippen LogP contribution in [0.2, 0.25) is 0 Å². The number of hydrogen-bond acceptors (Lipinski definition) is 4. The molecule has 0 aliphatic carbocycles. The highest BCUT2D eigenvalue weighted by Crippen LogP contribution is 1.97. The van der Waals surface area contributed by atoms with Gasteiger partial charge in [0.1, 0.15) is 0 Å². The van der Waals surface area contributed by atoms with Gasteiger partial charge < -0.3 is 10.1 Å². The lowest BCUT2D eigenvalue weighted by Gasteiger charge is -2.12. The van der Waals surface area contributed by atoms with E-state index in [0.29, 0.717) is 13.0 Å². The third-order valence-electron chi connectivity index (χ3n) is 2.42. The molecule has 1 heterocycles. The molecule has 1 N–H and O–H groups in total. The van der Waals surface area contributed by atoms with Crippen LogP contribution in [0.3, 0.4) is 0 Å². The third-order valence-corrected chi connectivity index (χ3v) is 2.42. The third kappa shape index (κ3) is 5.49. The van der Waals surface area contributed by atoms with Gasteiger partial charge in [0.05, 0.1) is 18.7 Å². The van der Waals surface area contributed by atoms with Crippen LogP contribution in [-0.2, 0) is 23.0 Å². The molecule has 0 saturated carbocycles. The molecular weight excluding hydrogens is 218 g/mol. The Morgan fingerprint density at radius 1 is 1.65 bits per heavy atom. The van der Waals surface area contributed by atoms with Crippen LogP contribution in [0, 0.1) is 0 Å². The first kappa shape index (κ1) is 13.7. The lowest BCUT2D eigenvalue weighted by Crippen LogP contribution is -2.31. The maximum absolute atomic E-state index is 11.2. The number of rotatable bonds is 7. The van der Waals surface area contributed by atoms with Crippen molar-refractivity contribution in [1.29, 1.82) is 0 Å². The van der Waals surface area contributed by atoms with Crippen molar-refractivity contribution in [2.75, 3.05) is 13.2 Å². The lowest BCUT2D eigenvalue weighted by molar-refractivity contribution is -0.143. The fourth-order valence-electron chi connectivity index (χ4n) is 1.59. The van der Waals surface area contributed by atoms with Gasteiger partial charge in [-0.3, -0.25) is 9.48 Å². The average molecular weight is 239 g/mol. The Hall–Kier alpha value is -1.36. The highest BCUT2D eigenvalue weighted by Gasteiger charge is 2.08. The normalized spacial score (nSPS) is 12.4. The van der Waals surface area contributed by atoms with Crippen LogP contribution in [0.15, 0.2) is 12.3 Å². The maximum Gasteiger partial charge on any atom is 0.307 e. The molecule has 96 valence electrons. The van der Waals surface area contributed by atoms with Crippen molar-refractivity contribution in [2.24, 2.45) is 7.05 Å². The van der Waals surface area contributed by atoms with Gasteiger partial charge in [-0.1, -0.05) is 0 Å². The van der Waals surface area contributed by atoms with Gasteiger partial charge in [-0.2, -0.15) is 5.10 Å². The highest BCUT2D eigenvalue weighted by atomic mass is 16.5. The Bertz CT molecular complexity index is 349. The van der Waals surface area contributed by atoms with Crippen molar-refractivity contribution in [3.63, 3.8) is 0 Å². The standard InChI is InChI=1S/C12H21N3O2/c1-4-17-12(16)9-10(2)13-7-5-11-6-8-15(3)14-11/h6,8,10,13H,4-5,7,9H2,1-3H3. The predicted octanol–water partition coefficient (Wildman–Crippen LogP) is 0.894. The first-order valence-electron chi connectivity index (χ1n) is 5.99. The minimum atomic E-state index is -0.148. The molecule has 0 fully saturated rings. The second-order valence-electron chi connectivity index (χ2n) is 4.10. The Morgan fingerprint density at radius 3 is 3.00 bits per heavy atom. The fourth-order valence-corrected chi connectivity index (χ4v) is 1.59. The fraction of sp³-hybridized carbons (Fsp3) is 0.667. The van der Waals surface area contributed by atoms with Crippen LogP contribution < -0.4 is 5.32 Å². The van der Waals surface area contributed by atoms with E-state index < -0.39 is 0 Å². The molecule has 1 aromatic heterocycles. The molecule has 5 heteroatoms. The van der Waals surface area contributed by atoms with E-state index in [1.165, 1.54) is 0 Å². The van der Waals surface area contributed by atoms with Crippen LogP contribution in [0.1, 0.15) is 26.0 Å². The molecule has 17 heavy (non-hydrogen) atoms. The topological polar surface area (TPSA) is 56.1 Å². The minimum Gasteiger partial charge on any atom is -0.466 e. The first-order valence-corrected chi connectivity index (χ1v) is 5.99. The summed E-state index contributed by atoms with van der Waals surface area (Å²) in [5.74, 6) is -0.148. The molecule has 1 unspecified atom stereocenters. The minimum absolute atomic E-state index is 0.137. The van der Waals surface area contributed by atoms with E-state index in [1.54, 1.807) is 4.68 Å². The monoisotopic (exact) mass is 239 g/mol. The van der Waals surface area contributed by atoms with E-state index in [4.69, 9.17) is 4.74 Å². The van der Waals surface area contributed by atoms with Crippen molar-refractivity contribution in [3.8, 4) is 0 Å². The van der Waals surface area contributed by atoms with Crippen LogP contribution in [0.5, 0.6) is 0 Å². The number of hydrogen-bond donors (Lipinski definition) is 1. The number of carbonyl (C=O) groups is 1. The van der Waals surface area contributed by atoms with Crippen molar-refractivity contribution < 1.29 is 9.53 Å². The molecule has 0 aromatic carbocycles. The summed E-state index contributed by atoms with van der Waals surface area (Å²) in [6, 6.07) is 2.13. The summed E-state index contributed by atoms with van der Waals surface area (Å²) in [5, 5.41) is 7.56. The summed E-state index contributed by atoms with van der Waals surface area (Å²) in [7, 11) is 1.90. The second kappa shape index (κ2) is 7.06. The SMILES string of the molecule is CCOC(=O)CC(C)NCCc1ccn(C)n1. The van der Waals surface area contributed by atoms with Crippen molar-refractivity contribution >= 4 is 5.97 Å². The maximum atomic E-state index is 11.2. The summed E-state index contributed by atoms with van der Waals surface area (Å²) < 4.78 is 6.67. The van der Waals surface area contributed by atoms with Crippen LogP contribution in [0.25, 0.3) is 0 Å². The van der Waals surface area contributed by atoms with Crippen LogP contribution in [0.4, 0.5) is 0 Å². The second-order valence-corrected chi connectivity index (χ2v) is 4.10. The zero-order valence-corrected chi connectivity index (χ0v) is 10.8. The van der Waals surface area contributed by atoms with Crippen LogP contribution >= 0.6 is 0 Å². The van der Waals surface area contributed by atoms with Crippen molar-refractivity contribution in [2.45, 2.75) is 32.7 Å². The van der Waals surface area contributed by atoms with E-state index >= 15 is 0 Å². The molecule has 5 nitrogen and oxygen atoms in total. The summed E-state index contributed by atoms with van der Waals surface area (Å²) in [6.07, 6.45) is 3.21. The zero-order valence-electron chi connectivity index (χ0n) is 10.8. The molecule has 1 aromatic rings.